The van der Waals surface area contributed by atoms with E-state index in [4.69, 9.17) is 22.9 Å². The number of nitrogens with zero attached hydrogens (tertiary/aromatic N) is 4. The van der Waals surface area contributed by atoms with Crippen LogP contribution in [0.5, 0.6) is 0 Å². The van der Waals surface area contributed by atoms with Gasteiger partial charge >= 0.3 is 0 Å². The third-order valence-electron chi connectivity index (χ3n) is 5.73. The standard InChI is InChI=1S/C26H56N10/c1-3-5-7-11-15-19-31-23(27)35-25(29)33-21-17-13-9-10-14-18-22-34-26(30)36-24(28)32-20-16-12-8-6-4-2/h3-22H2,1-2H3,(H5,27,29,31,33,35)(H5,28,30,32,34,36). The van der Waals surface area contributed by atoms with Crippen LogP contribution in [0.15, 0.2) is 20.0 Å². The molecular weight excluding hydrogens is 452 g/mol. The Hall–Kier alpha value is -2.52. The molecule has 0 rings (SSSR count). The van der Waals surface area contributed by atoms with E-state index in [1.807, 2.05) is 0 Å². The van der Waals surface area contributed by atoms with Gasteiger partial charge in [-0.15, -0.1) is 0 Å². The second-order valence-corrected chi connectivity index (χ2v) is 9.27. The first-order valence-corrected chi connectivity index (χ1v) is 14.2. The lowest BCUT2D eigenvalue weighted by Gasteiger charge is -2.05. The summed E-state index contributed by atoms with van der Waals surface area (Å²) in [4.78, 5) is 17.2. The van der Waals surface area contributed by atoms with Gasteiger partial charge in [0.2, 0.25) is 0 Å². The summed E-state index contributed by atoms with van der Waals surface area (Å²) in [5.74, 6) is 1.36. The number of nitrogens with one attached hydrogen (secondary N) is 2. The maximum atomic E-state index is 5.88. The maximum absolute atomic E-state index is 5.88. The van der Waals surface area contributed by atoms with E-state index in [1.165, 1.54) is 64.2 Å². The smallest absolute Gasteiger partial charge is 0.195 e. The number of hydrogen-bond donors (Lipinski definition) is 6. The van der Waals surface area contributed by atoms with Crippen molar-refractivity contribution in [2.75, 3.05) is 26.2 Å². The van der Waals surface area contributed by atoms with E-state index in [0.717, 1.165) is 51.6 Å². The molecule has 0 unspecified atom stereocenters. The molecule has 0 aromatic rings. The quantitative estimate of drug-likeness (QED) is 0.0781. The van der Waals surface area contributed by atoms with E-state index in [2.05, 4.69) is 44.5 Å². The molecule has 0 fully saturated rings. The van der Waals surface area contributed by atoms with E-state index in [1.54, 1.807) is 0 Å². The normalized spacial score (nSPS) is 13.3. The van der Waals surface area contributed by atoms with Gasteiger partial charge < -0.3 is 22.9 Å². The Labute approximate surface area is 220 Å². The third kappa shape index (κ3) is 24.6. The molecule has 0 bridgehead atoms. The lowest BCUT2D eigenvalue weighted by molar-refractivity contribution is 0.601. The summed E-state index contributed by atoms with van der Waals surface area (Å²) in [5, 5.41) is 5.72. The maximum Gasteiger partial charge on any atom is 0.195 e. The molecule has 0 spiro atoms. The molecule has 10 N–H and O–H groups in total. The highest BCUT2D eigenvalue weighted by Gasteiger charge is 1.98. The molecule has 0 aliphatic carbocycles. The lowest BCUT2D eigenvalue weighted by atomic mass is 10.1. The average Bonchev–Trinajstić information content (AvgIpc) is 2.84. The van der Waals surface area contributed by atoms with E-state index < -0.39 is 0 Å². The zero-order valence-corrected chi connectivity index (χ0v) is 23.2. The van der Waals surface area contributed by atoms with Crippen molar-refractivity contribution in [3.05, 3.63) is 0 Å². The number of nitrogens with two attached hydrogens (primary N) is 4. The Kier molecular flexibility index (Phi) is 23.8. The minimum Gasteiger partial charge on any atom is -0.370 e. The summed E-state index contributed by atoms with van der Waals surface area (Å²) < 4.78 is 0. The molecule has 36 heavy (non-hydrogen) atoms. The van der Waals surface area contributed by atoms with Crippen LogP contribution in [-0.4, -0.2) is 50.0 Å². The number of hydrogen-bond acceptors (Lipinski definition) is 4. The van der Waals surface area contributed by atoms with Gasteiger partial charge in [-0.05, 0) is 25.7 Å². The number of guanidine groups is 4. The fourth-order valence-electron chi connectivity index (χ4n) is 3.58. The van der Waals surface area contributed by atoms with Crippen LogP contribution in [0.1, 0.15) is 117 Å². The Morgan fingerprint density at radius 1 is 0.389 bits per heavy atom. The van der Waals surface area contributed by atoms with Crippen LogP contribution in [0, 0.1) is 0 Å². The number of rotatable bonds is 21. The second-order valence-electron chi connectivity index (χ2n) is 9.27. The zero-order valence-electron chi connectivity index (χ0n) is 23.2. The first-order valence-electron chi connectivity index (χ1n) is 14.2. The van der Waals surface area contributed by atoms with Crippen molar-refractivity contribution >= 4 is 23.8 Å². The van der Waals surface area contributed by atoms with Crippen LogP contribution in [0.3, 0.4) is 0 Å². The molecule has 0 saturated carbocycles. The first-order chi connectivity index (χ1) is 17.5. The molecule has 0 aromatic heterocycles. The largest absolute Gasteiger partial charge is 0.370 e. The molecule has 0 aromatic carbocycles. The van der Waals surface area contributed by atoms with Crippen molar-refractivity contribution in [3.63, 3.8) is 0 Å². The summed E-state index contributed by atoms with van der Waals surface area (Å²) in [7, 11) is 0. The molecule has 10 heteroatoms. The van der Waals surface area contributed by atoms with E-state index in [-0.39, 0.29) is 0 Å². The van der Waals surface area contributed by atoms with Crippen LogP contribution in [-0.2, 0) is 0 Å². The summed E-state index contributed by atoms with van der Waals surface area (Å²) in [5.41, 5.74) is 23.5. The van der Waals surface area contributed by atoms with Gasteiger partial charge in [0.15, 0.2) is 23.8 Å². The topological polar surface area (TPSA) is 178 Å². The molecule has 0 heterocycles. The van der Waals surface area contributed by atoms with Gasteiger partial charge in [-0.2, -0.15) is 0 Å². The van der Waals surface area contributed by atoms with Gasteiger partial charge in [0, 0.05) is 26.2 Å². The van der Waals surface area contributed by atoms with Crippen molar-refractivity contribution < 1.29 is 0 Å². The Bertz CT molecular complexity index is 574. The fraction of sp³-hybridized carbons (Fsp3) is 0.846. The third-order valence-corrected chi connectivity index (χ3v) is 5.73. The van der Waals surface area contributed by atoms with Gasteiger partial charge in [0.25, 0.3) is 0 Å². The van der Waals surface area contributed by atoms with Crippen LogP contribution in [0.4, 0.5) is 0 Å². The minimum atomic E-state index is 0.337. The molecule has 0 saturated heterocycles. The van der Waals surface area contributed by atoms with E-state index >= 15 is 0 Å². The summed E-state index contributed by atoms with van der Waals surface area (Å²) in [6, 6.07) is 0. The van der Waals surface area contributed by atoms with Gasteiger partial charge in [0.05, 0.1) is 0 Å². The predicted molar refractivity (Wildman–Crippen MR) is 157 cm³/mol. The molecule has 0 aliphatic rings. The predicted octanol–water partition coefficient (Wildman–Crippen LogP) is 3.71. The summed E-state index contributed by atoms with van der Waals surface area (Å²) >= 11 is 0. The van der Waals surface area contributed by atoms with Crippen molar-refractivity contribution in [2.45, 2.75) is 117 Å². The van der Waals surface area contributed by atoms with Gasteiger partial charge in [-0.3, -0.25) is 30.6 Å². The first kappa shape index (κ1) is 33.5. The number of unbranched alkanes of at least 4 members (excludes halogenated alkanes) is 13. The highest BCUT2D eigenvalue weighted by atomic mass is 15.2. The summed E-state index contributed by atoms with van der Waals surface area (Å²) in [6.45, 7) is 7.26. The molecule has 210 valence electrons. The molecule has 0 amide bonds. The van der Waals surface area contributed by atoms with Crippen molar-refractivity contribution in [1.82, 2.24) is 10.6 Å². The number of aliphatic imine (C=N–C) groups is 4. The SMILES string of the molecule is CCCCCCCN=C(N)NC(N)=NCCCCCCCCN=C(N)NC(N)=NCCCCCCC. The van der Waals surface area contributed by atoms with Crippen LogP contribution in [0.2, 0.25) is 0 Å². The van der Waals surface area contributed by atoms with Gasteiger partial charge in [0.1, 0.15) is 0 Å². The molecule has 10 nitrogen and oxygen atoms in total. The lowest BCUT2D eigenvalue weighted by Crippen LogP contribution is -2.41. The molecule has 0 radical (unpaired) electrons. The molecule has 0 atom stereocenters. The van der Waals surface area contributed by atoms with Crippen LogP contribution < -0.4 is 33.6 Å². The second kappa shape index (κ2) is 25.6. The van der Waals surface area contributed by atoms with Gasteiger partial charge in [-0.25, -0.2) is 0 Å². The van der Waals surface area contributed by atoms with Crippen molar-refractivity contribution in [2.24, 2.45) is 42.9 Å². The van der Waals surface area contributed by atoms with Gasteiger partial charge in [-0.1, -0.05) is 90.9 Å². The zero-order chi connectivity index (χ0) is 26.7. The average molecular weight is 509 g/mol. The van der Waals surface area contributed by atoms with E-state index in [9.17, 15) is 0 Å². The summed E-state index contributed by atoms with van der Waals surface area (Å²) in [6.07, 6.45) is 18.6. The van der Waals surface area contributed by atoms with Crippen molar-refractivity contribution in [1.29, 1.82) is 0 Å². The molecular formula is C26H56N10. The minimum absolute atomic E-state index is 0.337. The highest BCUT2D eigenvalue weighted by Crippen LogP contribution is 2.06. The fourth-order valence-corrected chi connectivity index (χ4v) is 3.58. The van der Waals surface area contributed by atoms with Crippen LogP contribution in [0.25, 0.3) is 0 Å². The van der Waals surface area contributed by atoms with E-state index in [0.29, 0.717) is 36.9 Å². The molecule has 0 aliphatic heterocycles. The Morgan fingerprint density at radius 2 is 0.611 bits per heavy atom. The Morgan fingerprint density at radius 3 is 0.861 bits per heavy atom. The van der Waals surface area contributed by atoms with Crippen LogP contribution >= 0.6 is 0 Å². The Balaban J connectivity index is 3.70. The highest BCUT2D eigenvalue weighted by molar-refractivity contribution is 5.97. The monoisotopic (exact) mass is 508 g/mol. The van der Waals surface area contributed by atoms with Crippen molar-refractivity contribution in [3.8, 4) is 0 Å².